The average Bonchev–Trinajstić information content (AvgIpc) is 3.53. The van der Waals surface area contributed by atoms with Crippen LogP contribution in [-0.2, 0) is 23.6 Å². The number of amides is 1. The molecule has 11 heteroatoms. The zero-order chi connectivity index (χ0) is 23.8. The fraction of sp³-hybridized carbons (Fsp3) is 0.409. The van der Waals surface area contributed by atoms with E-state index < -0.39 is 10.0 Å². The number of halogens is 1. The third-order valence-electron chi connectivity index (χ3n) is 5.66. The Labute approximate surface area is 198 Å². The molecule has 1 fully saturated rings. The number of benzene rings is 1. The van der Waals surface area contributed by atoms with E-state index in [4.69, 9.17) is 16.0 Å². The number of rotatable bonds is 7. The van der Waals surface area contributed by atoms with Gasteiger partial charge in [0.25, 0.3) is 5.91 Å². The molecule has 0 N–H and O–H groups in total. The number of carbonyl (C=O) groups excluding carboxylic acids is 1. The first-order valence-electron chi connectivity index (χ1n) is 10.7. The van der Waals surface area contributed by atoms with Crippen LogP contribution in [0.15, 0.2) is 45.8 Å². The van der Waals surface area contributed by atoms with E-state index in [1.54, 1.807) is 34.7 Å². The first-order chi connectivity index (χ1) is 15.7. The summed E-state index contributed by atoms with van der Waals surface area (Å²) in [5, 5.41) is 8.62. The molecule has 0 radical (unpaired) electrons. The Hall–Kier alpha value is -2.69. The second-order valence-electron chi connectivity index (χ2n) is 8.29. The van der Waals surface area contributed by atoms with Gasteiger partial charge >= 0.3 is 0 Å². The summed E-state index contributed by atoms with van der Waals surface area (Å²) in [5.41, 5.74) is 0.881. The lowest BCUT2D eigenvalue weighted by atomic mass is 10.2. The Balaban J connectivity index is 1.58. The van der Waals surface area contributed by atoms with Crippen LogP contribution in [0.5, 0.6) is 0 Å². The molecule has 3 heterocycles. The molecule has 0 aliphatic carbocycles. The Kier molecular flexibility index (Phi) is 6.60. The van der Waals surface area contributed by atoms with Crippen molar-refractivity contribution in [3.8, 4) is 11.5 Å². The van der Waals surface area contributed by atoms with Gasteiger partial charge in [-0.3, -0.25) is 4.79 Å². The van der Waals surface area contributed by atoms with Crippen molar-refractivity contribution in [2.45, 2.75) is 44.2 Å². The number of aromatic nitrogens is 3. The highest BCUT2D eigenvalue weighted by atomic mass is 35.5. The summed E-state index contributed by atoms with van der Waals surface area (Å²) in [6.45, 7) is 4.82. The fourth-order valence-corrected chi connectivity index (χ4v) is 5.61. The monoisotopic (exact) mass is 491 g/mol. The van der Waals surface area contributed by atoms with Crippen molar-refractivity contribution in [2.75, 3.05) is 13.1 Å². The lowest BCUT2D eigenvalue weighted by Gasteiger charge is -2.25. The van der Waals surface area contributed by atoms with Crippen LogP contribution in [0.25, 0.3) is 11.5 Å². The molecule has 176 valence electrons. The zero-order valence-corrected chi connectivity index (χ0v) is 20.3. The molecule has 1 amide bonds. The van der Waals surface area contributed by atoms with Crippen LogP contribution < -0.4 is 0 Å². The first kappa shape index (κ1) is 23.5. The van der Waals surface area contributed by atoms with E-state index in [0.29, 0.717) is 23.7 Å². The van der Waals surface area contributed by atoms with Gasteiger partial charge in [-0.25, -0.2) is 8.42 Å². The van der Waals surface area contributed by atoms with E-state index in [9.17, 15) is 13.2 Å². The van der Waals surface area contributed by atoms with E-state index in [0.717, 1.165) is 12.8 Å². The first-order valence-corrected chi connectivity index (χ1v) is 12.5. The third kappa shape index (κ3) is 4.68. The molecule has 2 aromatic heterocycles. The number of aryl methyl sites for hydroxylation is 1. The summed E-state index contributed by atoms with van der Waals surface area (Å²) < 4.78 is 34.6. The van der Waals surface area contributed by atoms with Gasteiger partial charge in [-0.1, -0.05) is 23.7 Å². The van der Waals surface area contributed by atoms with Gasteiger partial charge in [-0.05, 0) is 44.9 Å². The maximum atomic E-state index is 13.4. The van der Waals surface area contributed by atoms with Gasteiger partial charge in [-0.15, -0.1) is 10.2 Å². The van der Waals surface area contributed by atoms with Crippen molar-refractivity contribution in [3.63, 3.8) is 0 Å². The van der Waals surface area contributed by atoms with Gasteiger partial charge in [0, 0.05) is 32.4 Å². The van der Waals surface area contributed by atoms with Crippen molar-refractivity contribution in [2.24, 2.45) is 7.05 Å². The van der Waals surface area contributed by atoms with Crippen molar-refractivity contribution in [1.29, 1.82) is 0 Å². The summed E-state index contributed by atoms with van der Waals surface area (Å²) in [6, 6.07) is 8.37. The van der Waals surface area contributed by atoms with E-state index in [-0.39, 0.29) is 40.9 Å². The zero-order valence-electron chi connectivity index (χ0n) is 18.7. The van der Waals surface area contributed by atoms with E-state index in [1.165, 1.54) is 16.6 Å². The lowest BCUT2D eigenvalue weighted by molar-refractivity contribution is 0.0662. The Morgan fingerprint density at radius 3 is 2.58 bits per heavy atom. The highest BCUT2D eigenvalue weighted by Gasteiger charge is 2.31. The van der Waals surface area contributed by atoms with Crippen LogP contribution in [0.3, 0.4) is 0 Å². The SMILES string of the molecule is CC(C)N(Cc1nnc(-c2ccccc2Cl)o1)C(=O)c1cc(S(=O)(=O)N2CCCC2)cn1C. The molecule has 1 aliphatic rings. The summed E-state index contributed by atoms with van der Waals surface area (Å²) >= 11 is 6.21. The molecule has 0 saturated carbocycles. The summed E-state index contributed by atoms with van der Waals surface area (Å²) in [5.74, 6) is 0.198. The van der Waals surface area contributed by atoms with Crippen molar-refractivity contribution in [1.82, 2.24) is 24.0 Å². The minimum absolute atomic E-state index is 0.0767. The maximum Gasteiger partial charge on any atom is 0.271 e. The second-order valence-corrected chi connectivity index (χ2v) is 10.6. The van der Waals surface area contributed by atoms with Crippen molar-refractivity contribution < 1.29 is 17.6 Å². The Morgan fingerprint density at radius 2 is 1.91 bits per heavy atom. The molecule has 0 unspecified atom stereocenters. The predicted molar refractivity (Wildman–Crippen MR) is 123 cm³/mol. The fourth-order valence-electron chi connectivity index (χ4n) is 3.81. The Morgan fingerprint density at radius 1 is 1.21 bits per heavy atom. The molecule has 33 heavy (non-hydrogen) atoms. The molecule has 0 spiro atoms. The van der Waals surface area contributed by atoms with Gasteiger partial charge in [-0.2, -0.15) is 4.31 Å². The van der Waals surface area contributed by atoms with E-state index in [2.05, 4.69) is 10.2 Å². The van der Waals surface area contributed by atoms with Gasteiger partial charge in [0.1, 0.15) is 10.6 Å². The molecule has 1 aliphatic heterocycles. The Bertz CT molecular complexity index is 1260. The minimum atomic E-state index is -3.62. The van der Waals surface area contributed by atoms with Crippen molar-refractivity contribution in [3.05, 3.63) is 53.1 Å². The summed E-state index contributed by atoms with van der Waals surface area (Å²) in [4.78, 5) is 15.1. The van der Waals surface area contributed by atoms with Crippen LogP contribution in [0.2, 0.25) is 5.02 Å². The number of carbonyl (C=O) groups is 1. The average molecular weight is 492 g/mol. The number of hydrogen-bond donors (Lipinski definition) is 0. The van der Waals surface area contributed by atoms with Crippen LogP contribution >= 0.6 is 11.6 Å². The van der Waals surface area contributed by atoms with E-state index >= 15 is 0 Å². The van der Waals surface area contributed by atoms with E-state index in [1.807, 2.05) is 19.9 Å². The molecule has 0 bridgehead atoms. The quantitative estimate of drug-likeness (QED) is 0.500. The third-order valence-corrected chi connectivity index (χ3v) is 7.86. The molecular weight excluding hydrogens is 466 g/mol. The van der Waals surface area contributed by atoms with Crippen molar-refractivity contribution >= 4 is 27.5 Å². The van der Waals surface area contributed by atoms with Gasteiger partial charge < -0.3 is 13.9 Å². The van der Waals surface area contributed by atoms with Crippen LogP contribution in [0.4, 0.5) is 0 Å². The smallest absolute Gasteiger partial charge is 0.271 e. The van der Waals surface area contributed by atoms with Gasteiger partial charge in [0.15, 0.2) is 0 Å². The summed E-state index contributed by atoms with van der Waals surface area (Å²) in [6.07, 6.45) is 3.18. The van der Waals surface area contributed by atoms with Gasteiger partial charge in [0.05, 0.1) is 17.1 Å². The maximum absolute atomic E-state index is 13.4. The largest absolute Gasteiger partial charge is 0.419 e. The molecule has 1 aromatic carbocycles. The molecule has 3 aromatic rings. The van der Waals surface area contributed by atoms with Crippen LogP contribution in [-0.4, -0.2) is 57.4 Å². The molecule has 0 atom stereocenters. The second kappa shape index (κ2) is 9.28. The highest BCUT2D eigenvalue weighted by Crippen LogP contribution is 2.27. The molecule has 4 rings (SSSR count). The standard InChI is InChI=1S/C22H26ClN5O4S/c1-15(2)28(14-20-24-25-21(32-20)17-8-4-5-9-18(17)23)22(29)19-12-16(13-26(19)3)33(30,31)27-10-6-7-11-27/h4-5,8-9,12-13,15H,6-7,10-11,14H2,1-3H3. The minimum Gasteiger partial charge on any atom is -0.419 e. The van der Waals surface area contributed by atoms with Crippen LogP contribution in [0.1, 0.15) is 43.1 Å². The van der Waals surface area contributed by atoms with Crippen LogP contribution in [0, 0.1) is 0 Å². The normalized spacial score (nSPS) is 14.8. The highest BCUT2D eigenvalue weighted by molar-refractivity contribution is 7.89. The molecule has 9 nitrogen and oxygen atoms in total. The number of sulfonamides is 1. The molecule has 1 saturated heterocycles. The number of hydrogen-bond acceptors (Lipinski definition) is 6. The van der Waals surface area contributed by atoms with Gasteiger partial charge in [0.2, 0.25) is 21.8 Å². The summed E-state index contributed by atoms with van der Waals surface area (Å²) in [7, 11) is -1.96. The lowest BCUT2D eigenvalue weighted by Crippen LogP contribution is -2.37. The number of nitrogens with zero attached hydrogens (tertiary/aromatic N) is 5. The molecular formula is C22H26ClN5O4S. The predicted octanol–water partition coefficient (Wildman–Crippen LogP) is 3.56. The topological polar surface area (TPSA) is 102 Å².